The predicted molar refractivity (Wildman–Crippen MR) is 85.7 cm³/mol. The van der Waals surface area contributed by atoms with Crippen LogP contribution in [0.2, 0.25) is 0 Å². The van der Waals surface area contributed by atoms with E-state index >= 15 is 0 Å². The number of aromatic nitrogens is 1. The molecule has 0 atom stereocenters. The van der Waals surface area contributed by atoms with Gasteiger partial charge in [-0.3, -0.25) is 0 Å². The van der Waals surface area contributed by atoms with Crippen LogP contribution >= 0.6 is 0 Å². The van der Waals surface area contributed by atoms with Gasteiger partial charge in [-0.1, -0.05) is 12.1 Å². The van der Waals surface area contributed by atoms with Gasteiger partial charge >= 0.3 is 0 Å². The van der Waals surface area contributed by atoms with Gasteiger partial charge in [0.2, 0.25) is 0 Å². The molecule has 0 aliphatic carbocycles. The van der Waals surface area contributed by atoms with Crippen LogP contribution in [0.5, 0.6) is 5.75 Å². The van der Waals surface area contributed by atoms with Crippen molar-refractivity contribution in [1.29, 1.82) is 5.26 Å². The number of rotatable bonds is 1. The molecule has 0 aliphatic heterocycles. The maximum atomic E-state index is 9.95. The number of hydrogen-bond donors (Lipinski definition) is 1. The van der Waals surface area contributed by atoms with E-state index < -0.39 is 0 Å². The summed E-state index contributed by atoms with van der Waals surface area (Å²) in [5.74, 6) is 0.218. The van der Waals surface area contributed by atoms with E-state index in [1.165, 1.54) is 0 Å². The van der Waals surface area contributed by atoms with E-state index in [-0.39, 0.29) is 5.75 Å². The standard InChI is InChI=1S/C18H13N3O/c1-11-4-5-12(6-18(11)22)15-7-13(20-2)8-17-16(15)9-14(10-19)21(17)3/h4-9,22H,1,3H3. The summed E-state index contributed by atoms with van der Waals surface area (Å²) in [6.45, 7) is 9.11. The van der Waals surface area contributed by atoms with Crippen molar-refractivity contribution in [1.82, 2.24) is 4.57 Å². The van der Waals surface area contributed by atoms with Crippen LogP contribution in [-0.4, -0.2) is 9.67 Å². The Labute approximate surface area is 128 Å². The molecule has 0 saturated carbocycles. The van der Waals surface area contributed by atoms with Crippen LogP contribution in [0.3, 0.4) is 0 Å². The highest BCUT2D eigenvalue weighted by atomic mass is 16.3. The Hall–Kier alpha value is -3.24. The zero-order valence-corrected chi connectivity index (χ0v) is 12.3. The molecular formula is C18H13N3O. The first-order valence-corrected chi connectivity index (χ1v) is 6.76. The fourth-order valence-electron chi connectivity index (χ4n) is 2.60. The summed E-state index contributed by atoms with van der Waals surface area (Å²) < 4.78 is 1.78. The molecule has 4 nitrogen and oxygen atoms in total. The third kappa shape index (κ3) is 1.99. The Morgan fingerprint density at radius 3 is 2.64 bits per heavy atom. The first-order valence-electron chi connectivity index (χ1n) is 6.76. The summed E-state index contributed by atoms with van der Waals surface area (Å²) in [6, 6.07) is 13.0. The first kappa shape index (κ1) is 13.7. The molecule has 3 rings (SSSR count). The number of benzene rings is 2. The number of phenolic OH excluding ortho intramolecular Hbond substituents is 1. The third-order valence-electron chi connectivity index (χ3n) is 3.91. The number of aryl methyl sites for hydroxylation is 2. The van der Waals surface area contributed by atoms with Crippen molar-refractivity contribution < 1.29 is 5.11 Å². The van der Waals surface area contributed by atoms with Crippen molar-refractivity contribution in [2.75, 3.05) is 0 Å². The lowest BCUT2D eigenvalue weighted by molar-refractivity contribution is 0.471. The predicted octanol–water partition coefficient (Wildman–Crippen LogP) is 4.28. The first-order chi connectivity index (χ1) is 10.5. The smallest absolute Gasteiger partial charge is 0.189 e. The molecule has 0 fully saturated rings. The van der Waals surface area contributed by atoms with E-state index in [0.29, 0.717) is 11.4 Å². The lowest BCUT2D eigenvalue weighted by atomic mass is 9.99. The SMILES string of the molecule is [C-]#[N+]c1cc(-c2ccc(C)c(O)c2)c2cc(C#N)n(C)c2c1. The molecule has 1 aromatic heterocycles. The summed E-state index contributed by atoms with van der Waals surface area (Å²) in [5, 5.41) is 20.1. The van der Waals surface area contributed by atoms with Crippen molar-refractivity contribution >= 4 is 16.6 Å². The Morgan fingerprint density at radius 1 is 1.23 bits per heavy atom. The van der Waals surface area contributed by atoms with Gasteiger partial charge in [0.25, 0.3) is 0 Å². The highest BCUT2D eigenvalue weighted by molar-refractivity contribution is 5.99. The summed E-state index contributed by atoms with van der Waals surface area (Å²) in [7, 11) is 1.81. The molecule has 0 unspecified atom stereocenters. The molecule has 106 valence electrons. The zero-order chi connectivity index (χ0) is 15.9. The number of fused-ring (bicyclic) bond motifs is 1. The van der Waals surface area contributed by atoms with Gasteiger partial charge in [0, 0.05) is 18.0 Å². The molecule has 0 radical (unpaired) electrons. The summed E-state index contributed by atoms with van der Waals surface area (Å²) in [6.07, 6.45) is 0. The van der Waals surface area contributed by atoms with Gasteiger partial charge in [-0.05, 0) is 47.9 Å². The van der Waals surface area contributed by atoms with Crippen LogP contribution in [0.25, 0.3) is 26.9 Å². The van der Waals surface area contributed by atoms with Gasteiger partial charge in [0.05, 0.1) is 6.57 Å². The average Bonchev–Trinajstić information content (AvgIpc) is 2.85. The topological polar surface area (TPSA) is 53.3 Å². The van der Waals surface area contributed by atoms with Gasteiger partial charge < -0.3 is 9.67 Å². The van der Waals surface area contributed by atoms with Gasteiger partial charge in [-0.25, -0.2) is 4.85 Å². The second kappa shape index (κ2) is 4.95. The minimum absolute atomic E-state index is 0.218. The van der Waals surface area contributed by atoms with Crippen LogP contribution in [0.15, 0.2) is 36.4 Å². The van der Waals surface area contributed by atoms with Crippen LogP contribution in [0.1, 0.15) is 11.3 Å². The van der Waals surface area contributed by atoms with Gasteiger partial charge in [-0.15, -0.1) is 0 Å². The van der Waals surface area contributed by atoms with Crippen molar-refractivity contribution in [2.45, 2.75) is 6.92 Å². The van der Waals surface area contributed by atoms with Gasteiger partial charge in [0.1, 0.15) is 17.5 Å². The molecule has 0 aliphatic rings. The Balaban J connectivity index is 2.40. The number of aromatic hydroxyl groups is 1. The summed E-state index contributed by atoms with van der Waals surface area (Å²) in [4.78, 5) is 3.51. The maximum Gasteiger partial charge on any atom is 0.189 e. The lowest BCUT2D eigenvalue weighted by Gasteiger charge is -2.08. The van der Waals surface area contributed by atoms with Crippen molar-refractivity contribution in [3.05, 3.63) is 59.1 Å². The Bertz CT molecular complexity index is 984. The fraction of sp³-hybridized carbons (Fsp3) is 0.111. The molecule has 22 heavy (non-hydrogen) atoms. The maximum absolute atomic E-state index is 9.95. The van der Waals surface area contributed by atoms with Crippen molar-refractivity contribution in [3.63, 3.8) is 0 Å². The average molecular weight is 287 g/mol. The van der Waals surface area contributed by atoms with Crippen LogP contribution in [0.4, 0.5) is 5.69 Å². The second-order valence-electron chi connectivity index (χ2n) is 5.24. The largest absolute Gasteiger partial charge is 0.508 e. The highest BCUT2D eigenvalue weighted by Gasteiger charge is 2.13. The van der Waals surface area contributed by atoms with E-state index in [1.807, 2.05) is 32.2 Å². The Kier molecular flexibility index (Phi) is 3.09. The van der Waals surface area contributed by atoms with E-state index in [1.54, 1.807) is 22.8 Å². The molecule has 1 N–H and O–H groups in total. The third-order valence-corrected chi connectivity index (χ3v) is 3.91. The normalized spacial score (nSPS) is 10.4. The molecule has 4 heteroatoms. The molecule has 1 heterocycles. The Morgan fingerprint density at radius 2 is 2.00 bits per heavy atom. The number of hydrogen-bond acceptors (Lipinski definition) is 2. The minimum atomic E-state index is 0.218. The van der Waals surface area contributed by atoms with Gasteiger partial charge in [-0.2, -0.15) is 5.26 Å². The van der Waals surface area contributed by atoms with Crippen LogP contribution < -0.4 is 0 Å². The molecule has 0 saturated heterocycles. The number of nitrogens with zero attached hydrogens (tertiary/aromatic N) is 3. The van der Waals surface area contributed by atoms with E-state index in [2.05, 4.69) is 10.9 Å². The van der Waals surface area contributed by atoms with Crippen LogP contribution in [0, 0.1) is 24.8 Å². The number of phenols is 1. The molecular weight excluding hydrogens is 274 g/mol. The molecule has 0 spiro atoms. The molecule has 0 amide bonds. The second-order valence-corrected chi connectivity index (χ2v) is 5.24. The van der Waals surface area contributed by atoms with Gasteiger partial charge in [0.15, 0.2) is 5.69 Å². The van der Waals surface area contributed by atoms with E-state index in [4.69, 9.17) is 6.57 Å². The lowest BCUT2D eigenvalue weighted by Crippen LogP contribution is -1.90. The molecule has 3 aromatic rings. The summed E-state index contributed by atoms with van der Waals surface area (Å²) in [5.41, 5.74) is 4.35. The fourth-order valence-corrected chi connectivity index (χ4v) is 2.60. The zero-order valence-electron chi connectivity index (χ0n) is 12.3. The van der Waals surface area contributed by atoms with Crippen LogP contribution in [-0.2, 0) is 7.05 Å². The quantitative estimate of drug-likeness (QED) is 0.679. The minimum Gasteiger partial charge on any atom is -0.508 e. The molecule has 2 aromatic carbocycles. The van der Waals surface area contributed by atoms with E-state index in [9.17, 15) is 10.4 Å². The summed E-state index contributed by atoms with van der Waals surface area (Å²) >= 11 is 0. The molecule has 0 bridgehead atoms. The van der Waals surface area contributed by atoms with Crippen molar-refractivity contribution in [3.8, 4) is 22.9 Å². The van der Waals surface area contributed by atoms with Crippen molar-refractivity contribution in [2.24, 2.45) is 7.05 Å². The highest BCUT2D eigenvalue weighted by Crippen LogP contribution is 2.36. The van der Waals surface area contributed by atoms with E-state index in [0.717, 1.165) is 27.6 Å². The monoisotopic (exact) mass is 287 g/mol. The number of nitriles is 1.